The summed E-state index contributed by atoms with van der Waals surface area (Å²) >= 11 is 0. The van der Waals surface area contributed by atoms with Crippen molar-refractivity contribution in [3.05, 3.63) is 35.5 Å². The smallest absolute Gasteiger partial charge is 0.324 e. The van der Waals surface area contributed by atoms with Crippen LogP contribution in [0.25, 0.3) is 10.9 Å². The number of benzene rings is 1. The van der Waals surface area contributed by atoms with E-state index in [1.807, 2.05) is 42.8 Å². The van der Waals surface area contributed by atoms with Crippen molar-refractivity contribution in [1.82, 2.24) is 4.57 Å². The van der Waals surface area contributed by atoms with Gasteiger partial charge < -0.3 is 14.0 Å². The number of aromatic nitrogens is 1. The zero-order chi connectivity index (χ0) is 16.3. The number of aryl methyl sites for hydroxylation is 1. The highest BCUT2D eigenvalue weighted by Crippen LogP contribution is 2.32. The minimum atomic E-state index is -1.05. The average molecular weight is 303 g/mol. The summed E-state index contributed by atoms with van der Waals surface area (Å²) in [5.74, 6) is -2.19. The highest BCUT2D eigenvalue weighted by molar-refractivity contribution is 6.05. The summed E-state index contributed by atoms with van der Waals surface area (Å²) in [5.41, 5.74) is 2.48. The van der Waals surface area contributed by atoms with Crippen LogP contribution in [-0.2, 0) is 26.1 Å². The van der Waals surface area contributed by atoms with Gasteiger partial charge in [0.25, 0.3) is 0 Å². The quantitative estimate of drug-likeness (QED) is 0.629. The van der Waals surface area contributed by atoms with Crippen molar-refractivity contribution in [1.29, 1.82) is 0 Å². The van der Waals surface area contributed by atoms with Gasteiger partial charge in [-0.3, -0.25) is 9.59 Å². The third-order valence-corrected chi connectivity index (χ3v) is 3.78. The van der Waals surface area contributed by atoms with Gasteiger partial charge in [-0.05, 0) is 26.8 Å². The normalized spacial score (nSPS) is 11.0. The summed E-state index contributed by atoms with van der Waals surface area (Å²) in [6.07, 6.45) is 0. The third-order valence-electron chi connectivity index (χ3n) is 3.78. The largest absolute Gasteiger partial charge is 0.465 e. The topological polar surface area (TPSA) is 57.5 Å². The van der Waals surface area contributed by atoms with Gasteiger partial charge in [0.05, 0.1) is 13.2 Å². The predicted molar refractivity (Wildman–Crippen MR) is 83.7 cm³/mol. The number of fused-ring (bicyclic) bond motifs is 1. The van der Waals surface area contributed by atoms with Crippen molar-refractivity contribution in [2.45, 2.75) is 26.7 Å². The maximum absolute atomic E-state index is 12.3. The van der Waals surface area contributed by atoms with Gasteiger partial charge in [0, 0.05) is 29.2 Å². The first-order chi connectivity index (χ1) is 10.5. The first-order valence-electron chi connectivity index (χ1n) is 7.40. The summed E-state index contributed by atoms with van der Waals surface area (Å²) < 4.78 is 12.1. The van der Waals surface area contributed by atoms with E-state index in [1.165, 1.54) is 0 Å². The molecular weight excluding hydrogens is 282 g/mol. The predicted octanol–water partition coefficient (Wildman–Crippen LogP) is 2.70. The van der Waals surface area contributed by atoms with Gasteiger partial charge in [0.15, 0.2) is 5.92 Å². The van der Waals surface area contributed by atoms with Crippen LogP contribution in [0.2, 0.25) is 0 Å². The van der Waals surface area contributed by atoms with Crippen molar-refractivity contribution in [2.75, 3.05) is 13.2 Å². The van der Waals surface area contributed by atoms with E-state index in [2.05, 4.69) is 0 Å². The van der Waals surface area contributed by atoms with E-state index in [-0.39, 0.29) is 13.2 Å². The molecule has 1 aromatic heterocycles. The Morgan fingerprint density at radius 3 is 2.18 bits per heavy atom. The number of hydrogen-bond acceptors (Lipinski definition) is 4. The molecule has 22 heavy (non-hydrogen) atoms. The number of esters is 2. The van der Waals surface area contributed by atoms with Crippen molar-refractivity contribution in [2.24, 2.45) is 7.05 Å². The van der Waals surface area contributed by atoms with E-state index in [0.717, 1.165) is 16.6 Å². The minimum Gasteiger partial charge on any atom is -0.465 e. The third kappa shape index (κ3) is 2.71. The van der Waals surface area contributed by atoms with Crippen LogP contribution in [0.1, 0.15) is 31.0 Å². The van der Waals surface area contributed by atoms with Crippen molar-refractivity contribution in [3.63, 3.8) is 0 Å². The molecule has 1 aromatic carbocycles. The van der Waals surface area contributed by atoms with E-state index in [1.54, 1.807) is 13.8 Å². The molecule has 0 fully saturated rings. The molecule has 0 aliphatic carbocycles. The van der Waals surface area contributed by atoms with Crippen LogP contribution >= 0.6 is 0 Å². The van der Waals surface area contributed by atoms with E-state index >= 15 is 0 Å². The van der Waals surface area contributed by atoms with Gasteiger partial charge >= 0.3 is 11.9 Å². The molecule has 0 saturated heterocycles. The Hall–Kier alpha value is -2.30. The second kappa shape index (κ2) is 6.64. The number of rotatable bonds is 5. The second-order valence-corrected chi connectivity index (χ2v) is 5.01. The van der Waals surface area contributed by atoms with E-state index in [4.69, 9.17) is 9.47 Å². The van der Waals surface area contributed by atoms with Gasteiger partial charge in [-0.25, -0.2) is 0 Å². The fourth-order valence-corrected chi connectivity index (χ4v) is 2.70. The lowest BCUT2D eigenvalue weighted by Crippen LogP contribution is -2.26. The Labute approximate surface area is 129 Å². The monoisotopic (exact) mass is 303 g/mol. The van der Waals surface area contributed by atoms with E-state index in [9.17, 15) is 9.59 Å². The Kier molecular flexibility index (Phi) is 4.85. The molecule has 5 nitrogen and oxygen atoms in total. The van der Waals surface area contributed by atoms with Crippen LogP contribution in [0, 0.1) is 6.92 Å². The number of carbonyl (C=O) groups is 2. The number of para-hydroxylation sites is 1. The lowest BCUT2D eigenvalue weighted by atomic mass is 9.96. The minimum absolute atomic E-state index is 0.221. The summed E-state index contributed by atoms with van der Waals surface area (Å²) in [6.45, 7) is 5.77. The molecule has 0 aliphatic heterocycles. The van der Waals surface area contributed by atoms with Crippen LogP contribution < -0.4 is 0 Å². The summed E-state index contributed by atoms with van der Waals surface area (Å²) in [5, 5.41) is 0.869. The van der Waals surface area contributed by atoms with Gasteiger partial charge in [-0.15, -0.1) is 0 Å². The molecule has 0 spiro atoms. The zero-order valence-corrected chi connectivity index (χ0v) is 13.4. The van der Waals surface area contributed by atoms with E-state index < -0.39 is 17.9 Å². The molecule has 0 atom stereocenters. The standard InChI is InChI=1S/C17H21NO4/c1-5-21-16(19)15(17(20)22-6-2)14-11(3)18(4)13-10-8-7-9-12(13)14/h7-10,15H,5-6H2,1-4H3. The van der Waals surface area contributed by atoms with Crippen LogP contribution in [-0.4, -0.2) is 29.7 Å². The maximum Gasteiger partial charge on any atom is 0.324 e. The summed E-state index contributed by atoms with van der Waals surface area (Å²) in [6, 6.07) is 7.68. The highest BCUT2D eigenvalue weighted by Gasteiger charge is 2.35. The molecule has 0 saturated carbocycles. The second-order valence-electron chi connectivity index (χ2n) is 5.01. The molecule has 1 heterocycles. The molecule has 0 aliphatic rings. The van der Waals surface area contributed by atoms with Gasteiger partial charge in [0.2, 0.25) is 0 Å². The van der Waals surface area contributed by atoms with E-state index in [0.29, 0.717) is 5.56 Å². The van der Waals surface area contributed by atoms with Crippen molar-refractivity contribution >= 4 is 22.8 Å². The van der Waals surface area contributed by atoms with Gasteiger partial charge in [-0.1, -0.05) is 18.2 Å². The molecule has 0 radical (unpaired) electrons. The molecule has 0 N–H and O–H groups in total. The zero-order valence-electron chi connectivity index (χ0n) is 13.4. The molecule has 0 bridgehead atoms. The number of ether oxygens (including phenoxy) is 2. The highest BCUT2D eigenvalue weighted by atomic mass is 16.6. The van der Waals surface area contributed by atoms with Crippen LogP contribution in [0.5, 0.6) is 0 Å². The van der Waals surface area contributed by atoms with Crippen LogP contribution in [0.3, 0.4) is 0 Å². The molecule has 2 aromatic rings. The van der Waals surface area contributed by atoms with Gasteiger partial charge in [-0.2, -0.15) is 0 Å². The SMILES string of the molecule is CCOC(=O)C(C(=O)OCC)c1c(C)n(C)c2ccccc12. The molecule has 0 amide bonds. The fourth-order valence-electron chi connectivity index (χ4n) is 2.70. The summed E-state index contributed by atoms with van der Waals surface area (Å²) in [7, 11) is 1.91. The fraction of sp³-hybridized carbons (Fsp3) is 0.412. The van der Waals surface area contributed by atoms with Crippen LogP contribution in [0.15, 0.2) is 24.3 Å². The van der Waals surface area contributed by atoms with Gasteiger partial charge in [0.1, 0.15) is 0 Å². The summed E-state index contributed by atoms with van der Waals surface area (Å²) in [4.78, 5) is 24.7. The van der Waals surface area contributed by atoms with Crippen molar-refractivity contribution < 1.29 is 19.1 Å². The molecule has 5 heteroatoms. The Morgan fingerprint density at radius 1 is 1.09 bits per heavy atom. The molecular formula is C17H21NO4. The Balaban J connectivity index is 2.63. The Morgan fingerprint density at radius 2 is 1.64 bits per heavy atom. The first kappa shape index (κ1) is 16.1. The maximum atomic E-state index is 12.3. The Bertz CT molecular complexity index is 684. The molecule has 118 valence electrons. The lowest BCUT2D eigenvalue weighted by molar-refractivity contribution is -0.156. The number of carbonyl (C=O) groups excluding carboxylic acids is 2. The number of nitrogens with zero attached hydrogens (tertiary/aromatic N) is 1. The number of hydrogen-bond donors (Lipinski definition) is 0. The molecule has 2 rings (SSSR count). The average Bonchev–Trinajstić information content (AvgIpc) is 2.74. The van der Waals surface area contributed by atoms with Crippen LogP contribution in [0.4, 0.5) is 0 Å². The van der Waals surface area contributed by atoms with Crippen molar-refractivity contribution in [3.8, 4) is 0 Å². The molecule has 0 unspecified atom stereocenters. The first-order valence-corrected chi connectivity index (χ1v) is 7.40. The lowest BCUT2D eigenvalue weighted by Gasteiger charge is -2.15.